The molecule has 0 bridgehead atoms. The largest absolute Gasteiger partial charge is 0.305 e. The Balaban J connectivity index is 2.14. The van der Waals surface area contributed by atoms with Crippen LogP contribution >= 0.6 is 23.3 Å². The Morgan fingerprint density at radius 2 is 2.33 bits per heavy atom. The van der Waals surface area contributed by atoms with Gasteiger partial charge in [0.2, 0.25) is 5.82 Å². The summed E-state index contributed by atoms with van der Waals surface area (Å²) in [7, 11) is 0. The van der Waals surface area contributed by atoms with Gasteiger partial charge in [-0.05, 0) is 18.5 Å². The van der Waals surface area contributed by atoms with Crippen LogP contribution in [0.15, 0.2) is 22.5 Å². The van der Waals surface area contributed by atoms with Crippen LogP contribution in [0.25, 0.3) is 0 Å². The van der Waals surface area contributed by atoms with Crippen LogP contribution in [0.2, 0.25) is 0 Å². The molecule has 0 aliphatic carbocycles. The molecule has 8 heteroatoms. The van der Waals surface area contributed by atoms with Gasteiger partial charge in [0.25, 0.3) is 0 Å². The van der Waals surface area contributed by atoms with E-state index in [9.17, 15) is 14.5 Å². The maximum atomic E-state index is 13.7. The number of aromatic nitrogens is 2. The first-order valence-corrected chi connectivity index (χ1v) is 6.68. The van der Waals surface area contributed by atoms with Crippen LogP contribution < -0.4 is 0 Å². The zero-order valence-electron chi connectivity index (χ0n) is 9.29. The summed E-state index contributed by atoms with van der Waals surface area (Å²) in [5.41, 5.74) is -0.205. The normalized spacial score (nSPS) is 10.6. The van der Waals surface area contributed by atoms with E-state index in [2.05, 4.69) is 9.36 Å². The van der Waals surface area contributed by atoms with Crippen molar-refractivity contribution in [2.45, 2.75) is 17.0 Å². The summed E-state index contributed by atoms with van der Waals surface area (Å²) in [4.78, 5) is 14.0. The lowest BCUT2D eigenvalue weighted by Crippen LogP contribution is -1.96. The molecule has 0 saturated heterocycles. The molecular weight excluding hydrogens is 277 g/mol. The van der Waals surface area contributed by atoms with Crippen LogP contribution in [0.1, 0.15) is 11.4 Å². The Morgan fingerprint density at radius 3 is 2.94 bits per heavy atom. The molecule has 1 aromatic heterocycles. The summed E-state index contributed by atoms with van der Waals surface area (Å²) in [5.74, 6) is 0.181. The minimum atomic E-state index is -0.781. The van der Waals surface area contributed by atoms with E-state index in [1.54, 1.807) is 6.92 Å². The molecule has 2 aromatic rings. The van der Waals surface area contributed by atoms with Crippen molar-refractivity contribution >= 4 is 29.0 Å². The van der Waals surface area contributed by atoms with Crippen molar-refractivity contribution in [3.8, 4) is 0 Å². The maximum Gasteiger partial charge on any atom is 0.305 e. The number of halogens is 1. The fraction of sp³-hybridized carbons (Fsp3) is 0.200. The molecule has 0 fully saturated rings. The van der Waals surface area contributed by atoms with Gasteiger partial charge in [0, 0.05) is 17.4 Å². The lowest BCUT2D eigenvalue weighted by atomic mass is 10.2. The summed E-state index contributed by atoms with van der Waals surface area (Å²) in [6, 6.07) is 4.16. The number of hydrogen-bond donors (Lipinski definition) is 0. The molecule has 94 valence electrons. The predicted octanol–water partition coefficient (Wildman–Crippen LogP) is 3.19. The van der Waals surface area contributed by atoms with Gasteiger partial charge in [-0.2, -0.15) is 8.76 Å². The molecule has 0 aliphatic heterocycles. The highest BCUT2D eigenvalue weighted by atomic mass is 32.2. The molecule has 0 amide bonds. The van der Waals surface area contributed by atoms with Crippen molar-refractivity contribution in [2.24, 2.45) is 0 Å². The maximum absolute atomic E-state index is 13.7. The van der Waals surface area contributed by atoms with Gasteiger partial charge in [-0.3, -0.25) is 10.1 Å². The number of nitro benzene ring substituents is 1. The van der Waals surface area contributed by atoms with Gasteiger partial charge in [-0.25, -0.2) is 4.98 Å². The van der Waals surface area contributed by atoms with Crippen LogP contribution in [0, 0.1) is 22.9 Å². The number of nitro groups is 1. The molecule has 0 saturated carbocycles. The van der Waals surface area contributed by atoms with E-state index >= 15 is 0 Å². The molecule has 0 radical (unpaired) electrons. The summed E-state index contributed by atoms with van der Waals surface area (Å²) in [5, 5.41) is 10.6. The molecule has 1 aromatic carbocycles. The Hall–Kier alpha value is -1.54. The molecule has 18 heavy (non-hydrogen) atoms. The van der Waals surface area contributed by atoms with Crippen LogP contribution in [0.4, 0.5) is 10.1 Å². The van der Waals surface area contributed by atoms with Crippen LogP contribution in [0.5, 0.6) is 0 Å². The van der Waals surface area contributed by atoms with Gasteiger partial charge in [0.15, 0.2) is 4.34 Å². The second-order valence-electron chi connectivity index (χ2n) is 3.40. The Kier molecular flexibility index (Phi) is 3.87. The van der Waals surface area contributed by atoms with E-state index in [-0.39, 0.29) is 0 Å². The van der Waals surface area contributed by atoms with E-state index < -0.39 is 16.4 Å². The van der Waals surface area contributed by atoms with Gasteiger partial charge in [0.05, 0.1) is 4.92 Å². The van der Waals surface area contributed by atoms with E-state index in [1.165, 1.54) is 35.4 Å². The standard InChI is InChI=1S/C10H8FN3O2S2/c1-6-12-10(18-13-6)17-5-7-3-2-4-8(9(7)11)14(15)16/h2-4H,5H2,1H3. The number of nitrogens with zero attached hydrogens (tertiary/aromatic N) is 3. The highest BCUT2D eigenvalue weighted by Gasteiger charge is 2.17. The van der Waals surface area contributed by atoms with Gasteiger partial charge < -0.3 is 0 Å². The van der Waals surface area contributed by atoms with Gasteiger partial charge in [-0.1, -0.05) is 23.9 Å². The van der Waals surface area contributed by atoms with E-state index in [0.717, 1.165) is 10.4 Å². The van der Waals surface area contributed by atoms with Crippen molar-refractivity contribution in [1.29, 1.82) is 0 Å². The lowest BCUT2D eigenvalue weighted by molar-refractivity contribution is -0.387. The average Bonchev–Trinajstić information content (AvgIpc) is 2.73. The average molecular weight is 285 g/mol. The highest BCUT2D eigenvalue weighted by Crippen LogP contribution is 2.28. The zero-order chi connectivity index (χ0) is 13.1. The van der Waals surface area contributed by atoms with Crippen molar-refractivity contribution < 1.29 is 9.31 Å². The molecule has 5 nitrogen and oxygen atoms in total. The van der Waals surface area contributed by atoms with E-state index in [4.69, 9.17) is 0 Å². The number of rotatable bonds is 4. The molecule has 0 atom stereocenters. The number of thioether (sulfide) groups is 1. The highest BCUT2D eigenvalue weighted by molar-refractivity contribution is 8.00. The number of hydrogen-bond acceptors (Lipinski definition) is 6. The van der Waals surface area contributed by atoms with E-state index in [1.807, 2.05) is 0 Å². The van der Waals surface area contributed by atoms with Crippen molar-refractivity contribution in [3.63, 3.8) is 0 Å². The second kappa shape index (κ2) is 5.40. The quantitative estimate of drug-likeness (QED) is 0.490. The first kappa shape index (κ1) is 12.9. The molecular formula is C10H8FN3O2S2. The van der Waals surface area contributed by atoms with Crippen LogP contribution in [-0.2, 0) is 5.75 Å². The first-order valence-electron chi connectivity index (χ1n) is 4.93. The van der Waals surface area contributed by atoms with Gasteiger partial charge >= 0.3 is 5.69 Å². The third-order valence-electron chi connectivity index (χ3n) is 2.12. The Labute approximate surface area is 110 Å². The first-order chi connectivity index (χ1) is 8.58. The van der Waals surface area contributed by atoms with Crippen LogP contribution in [-0.4, -0.2) is 14.3 Å². The molecule has 0 N–H and O–H groups in total. The molecule has 0 spiro atoms. The Morgan fingerprint density at radius 1 is 1.56 bits per heavy atom. The molecule has 0 aliphatic rings. The fourth-order valence-corrected chi connectivity index (χ4v) is 2.92. The zero-order valence-corrected chi connectivity index (χ0v) is 10.9. The summed E-state index contributed by atoms with van der Waals surface area (Å²) >= 11 is 2.54. The smallest absolute Gasteiger partial charge is 0.258 e. The third kappa shape index (κ3) is 2.82. The van der Waals surface area contributed by atoms with Crippen molar-refractivity contribution in [3.05, 3.63) is 45.5 Å². The Bertz CT molecular complexity index is 588. The van der Waals surface area contributed by atoms with Gasteiger partial charge in [0.1, 0.15) is 5.82 Å². The minimum Gasteiger partial charge on any atom is -0.258 e. The number of benzene rings is 1. The molecule has 2 rings (SSSR count). The number of aryl methyl sites for hydroxylation is 1. The predicted molar refractivity (Wildman–Crippen MR) is 67.3 cm³/mol. The lowest BCUT2D eigenvalue weighted by Gasteiger charge is -2.01. The fourth-order valence-electron chi connectivity index (χ4n) is 1.29. The summed E-state index contributed by atoms with van der Waals surface area (Å²) in [6.07, 6.45) is 0. The van der Waals surface area contributed by atoms with Crippen molar-refractivity contribution in [2.75, 3.05) is 0 Å². The van der Waals surface area contributed by atoms with E-state index in [0.29, 0.717) is 17.1 Å². The molecule has 1 heterocycles. The minimum absolute atomic E-state index is 0.294. The van der Waals surface area contributed by atoms with Crippen LogP contribution in [0.3, 0.4) is 0 Å². The monoisotopic (exact) mass is 285 g/mol. The van der Waals surface area contributed by atoms with Crippen molar-refractivity contribution in [1.82, 2.24) is 9.36 Å². The summed E-state index contributed by atoms with van der Waals surface area (Å²) < 4.78 is 18.5. The summed E-state index contributed by atoms with van der Waals surface area (Å²) in [6.45, 7) is 1.77. The topological polar surface area (TPSA) is 68.9 Å². The third-order valence-corrected chi connectivity index (χ3v) is 4.09. The molecule has 0 unspecified atom stereocenters. The SMILES string of the molecule is Cc1nsc(SCc2cccc([N+](=O)[O-])c2F)n1. The second-order valence-corrected chi connectivity index (χ2v) is 5.38. The van der Waals surface area contributed by atoms with Gasteiger partial charge in [-0.15, -0.1) is 0 Å².